The fraction of sp³-hybridized carbons (Fsp3) is 0.944. The normalized spacial score (nSPS) is 44.1. The van der Waals surface area contributed by atoms with Crippen molar-refractivity contribution in [3.05, 3.63) is 0 Å². The van der Waals surface area contributed by atoms with Crippen molar-refractivity contribution in [3.8, 4) is 0 Å². The summed E-state index contributed by atoms with van der Waals surface area (Å²) in [6, 6.07) is 0. The smallest absolute Gasteiger partial charge is 0.309 e. The standard InChI is InChI=1S/C18H30O4/c1-4-12(2)16(20)22-17(3)14-7-13-8-15(17)11-18(9-13,10-14)21-6-5-19/h12-15,19H,4-11H2,1-3H3. The van der Waals surface area contributed by atoms with Gasteiger partial charge in [-0.3, -0.25) is 4.79 Å². The molecule has 4 nitrogen and oxygen atoms in total. The van der Waals surface area contributed by atoms with Gasteiger partial charge in [0.2, 0.25) is 0 Å². The monoisotopic (exact) mass is 310 g/mol. The van der Waals surface area contributed by atoms with Gasteiger partial charge < -0.3 is 14.6 Å². The maximum Gasteiger partial charge on any atom is 0.309 e. The highest BCUT2D eigenvalue weighted by molar-refractivity contribution is 5.72. The summed E-state index contributed by atoms with van der Waals surface area (Å²) >= 11 is 0. The second kappa shape index (κ2) is 5.79. The molecule has 4 rings (SSSR count). The molecule has 0 aromatic heterocycles. The van der Waals surface area contributed by atoms with E-state index in [1.54, 1.807) is 0 Å². The Balaban J connectivity index is 1.75. The SMILES string of the molecule is CCC(C)C(=O)OC1(C)C2CC3CC1CC(OCCO)(C3)C2. The number of hydrogen-bond acceptors (Lipinski definition) is 4. The van der Waals surface area contributed by atoms with Crippen molar-refractivity contribution in [2.75, 3.05) is 13.2 Å². The molecule has 3 atom stereocenters. The van der Waals surface area contributed by atoms with Crippen molar-refractivity contribution >= 4 is 5.97 Å². The van der Waals surface area contributed by atoms with Gasteiger partial charge in [0.1, 0.15) is 5.60 Å². The molecule has 4 aliphatic rings. The molecule has 4 bridgehead atoms. The predicted molar refractivity (Wildman–Crippen MR) is 83.3 cm³/mol. The van der Waals surface area contributed by atoms with Crippen molar-refractivity contribution < 1.29 is 19.4 Å². The van der Waals surface area contributed by atoms with Crippen LogP contribution >= 0.6 is 0 Å². The highest BCUT2D eigenvalue weighted by Gasteiger charge is 2.62. The Labute approximate surface area is 133 Å². The van der Waals surface area contributed by atoms with Crippen LogP contribution in [0.2, 0.25) is 0 Å². The summed E-state index contributed by atoms with van der Waals surface area (Å²) in [5, 5.41) is 9.08. The van der Waals surface area contributed by atoms with Crippen molar-refractivity contribution in [1.82, 2.24) is 0 Å². The summed E-state index contributed by atoms with van der Waals surface area (Å²) in [7, 11) is 0. The molecule has 4 aliphatic carbocycles. The van der Waals surface area contributed by atoms with Crippen molar-refractivity contribution in [3.63, 3.8) is 0 Å². The van der Waals surface area contributed by atoms with E-state index in [1.165, 1.54) is 0 Å². The Bertz CT molecular complexity index is 417. The number of aliphatic hydroxyl groups excluding tert-OH is 1. The Kier molecular flexibility index (Phi) is 4.28. The Morgan fingerprint density at radius 3 is 2.45 bits per heavy atom. The molecule has 0 radical (unpaired) electrons. The van der Waals surface area contributed by atoms with Crippen LogP contribution in [0.1, 0.15) is 59.3 Å². The van der Waals surface area contributed by atoms with E-state index in [2.05, 4.69) is 6.92 Å². The first-order valence-corrected chi connectivity index (χ1v) is 8.90. The molecule has 126 valence electrons. The van der Waals surface area contributed by atoms with Crippen LogP contribution in [0.15, 0.2) is 0 Å². The first kappa shape index (κ1) is 16.3. The largest absolute Gasteiger partial charge is 0.459 e. The van der Waals surface area contributed by atoms with Crippen molar-refractivity contribution in [2.45, 2.75) is 70.5 Å². The number of ether oxygens (including phenoxy) is 2. The molecule has 0 aromatic rings. The average molecular weight is 310 g/mol. The van der Waals surface area contributed by atoms with Crippen LogP contribution < -0.4 is 0 Å². The maximum atomic E-state index is 12.3. The second-order valence-electron chi connectivity index (χ2n) is 8.01. The zero-order valence-electron chi connectivity index (χ0n) is 14.1. The lowest BCUT2D eigenvalue weighted by atomic mass is 9.48. The first-order valence-electron chi connectivity index (χ1n) is 8.90. The molecular weight excluding hydrogens is 280 g/mol. The molecule has 4 heteroatoms. The van der Waals surface area contributed by atoms with Gasteiger partial charge in [-0.05, 0) is 51.4 Å². The summed E-state index contributed by atoms with van der Waals surface area (Å²) in [4.78, 5) is 12.3. The van der Waals surface area contributed by atoms with Gasteiger partial charge >= 0.3 is 5.97 Å². The van der Waals surface area contributed by atoms with Crippen molar-refractivity contribution in [1.29, 1.82) is 0 Å². The lowest BCUT2D eigenvalue weighted by molar-refractivity contribution is -0.250. The Hall–Kier alpha value is -0.610. The molecule has 0 saturated heterocycles. The third-order valence-corrected chi connectivity index (χ3v) is 6.59. The van der Waals surface area contributed by atoms with Crippen LogP contribution in [0.25, 0.3) is 0 Å². The first-order chi connectivity index (χ1) is 10.4. The molecule has 22 heavy (non-hydrogen) atoms. The number of carbonyl (C=O) groups excluding carboxylic acids is 1. The number of carbonyl (C=O) groups is 1. The summed E-state index contributed by atoms with van der Waals surface area (Å²) in [6.45, 7) is 6.65. The predicted octanol–water partition coefficient (Wildman–Crippen LogP) is 2.92. The van der Waals surface area contributed by atoms with Crippen LogP contribution in [0.3, 0.4) is 0 Å². The van der Waals surface area contributed by atoms with Gasteiger partial charge in [-0.2, -0.15) is 0 Å². The highest BCUT2D eigenvalue weighted by Crippen LogP contribution is 2.62. The highest BCUT2D eigenvalue weighted by atomic mass is 16.6. The number of hydrogen-bond donors (Lipinski definition) is 1. The van der Waals surface area contributed by atoms with E-state index in [4.69, 9.17) is 14.6 Å². The minimum atomic E-state index is -0.316. The molecule has 1 N–H and O–H groups in total. The molecule has 4 fully saturated rings. The minimum absolute atomic E-state index is 0.0198. The molecule has 0 aliphatic heterocycles. The van der Waals surface area contributed by atoms with Gasteiger partial charge in [-0.15, -0.1) is 0 Å². The average Bonchev–Trinajstić information content (AvgIpc) is 2.49. The topological polar surface area (TPSA) is 55.8 Å². The van der Waals surface area contributed by atoms with E-state index in [1.807, 2.05) is 13.8 Å². The fourth-order valence-corrected chi connectivity index (χ4v) is 5.20. The summed E-state index contributed by atoms with van der Waals surface area (Å²) in [5.41, 5.74) is -0.384. The number of esters is 1. The molecule has 0 spiro atoms. The van der Waals surface area contributed by atoms with Gasteiger partial charge in [0.25, 0.3) is 0 Å². The molecule has 0 heterocycles. The quantitative estimate of drug-likeness (QED) is 0.766. The third kappa shape index (κ3) is 2.58. The lowest BCUT2D eigenvalue weighted by Gasteiger charge is -2.63. The molecule has 4 saturated carbocycles. The van der Waals surface area contributed by atoms with E-state index < -0.39 is 0 Å². The van der Waals surface area contributed by atoms with E-state index in [9.17, 15) is 4.79 Å². The van der Waals surface area contributed by atoms with Crippen LogP contribution in [0, 0.1) is 23.7 Å². The summed E-state index contributed by atoms with van der Waals surface area (Å²) in [5.74, 6) is 1.46. The maximum absolute atomic E-state index is 12.3. The summed E-state index contributed by atoms with van der Waals surface area (Å²) in [6.07, 6.45) is 6.22. The third-order valence-electron chi connectivity index (χ3n) is 6.59. The van der Waals surface area contributed by atoms with E-state index in [-0.39, 0.29) is 29.7 Å². The minimum Gasteiger partial charge on any atom is -0.459 e. The van der Waals surface area contributed by atoms with Crippen LogP contribution in [-0.4, -0.2) is 35.5 Å². The molecule has 0 amide bonds. The zero-order chi connectivity index (χ0) is 16.0. The van der Waals surface area contributed by atoms with Crippen LogP contribution in [-0.2, 0) is 14.3 Å². The van der Waals surface area contributed by atoms with E-state index in [0.717, 1.165) is 38.5 Å². The van der Waals surface area contributed by atoms with E-state index >= 15 is 0 Å². The van der Waals surface area contributed by atoms with Crippen molar-refractivity contribution in [2.24, 2.45) is 23.7 Å². The second-order valence-corrected chi connectivity index (χ2v) is 8.01. The zero-order valence-corrected chi connectivity index (χ0v) is 14.1. The van der Waals surface area contributed by atoms with Gasteiger partial charge in [0, 0.05) is 11.8 Å². The van der Waals surface area contributed by atoms with Gasteiger partial charge in [-0.1, -0.05) is 13.8 Å². The van der Waals surface area contributed by atoms with Crippen LogP contribution in [0.5, 0.6) is 0 Å². The van der Waals surface area contributed by atoms with Gasteiger partial charge in [0.05, 0.1) is 24.7 Å². The summed E-state index contributed by atoms with van der Waals surface area (Å²) < 4.78 is 12.1. The molecule has 3 unspecified atom stereocenters. The fourth-order valence-electron chi connectivity index (χ4n) is 5.20. The van der Waals surface area contributed by atoms with Gasteiger partial charge in [-0.25, -0.2) is 0 Å². The van der Waals surface area contributed by atoms with Gasteiger partial charge in [0.15, 0.2) is 0 Å². The van der Waals surface area contributed by atoms with E-state index in [0.29, 0.717) is 24.4 Å². The Morgan fingerprint density at radius 2 is 1.91 bits per heavy atom. The number of aliphatic hydroxyl groups is 1. The molecule has 0 aromatic carbocycles. The molecular formula is C18H30O4. The Morgan fingerprint density at radius 1 is 1.27 bits per heavy atom. The van der Waals surface area contributed by atoms with Crippen LogP contribution in [0.4, 0.5) is 0 Å². The number of rotatable bonds is 6. The lowest BCUT2D eigenvalue weighted by Crippen LogP contribution is -2.64.